The molecule has 0 fully saturated rings. The third-order valence-corrected chi connectivity index (χ3v) is 1.68. The molecule has 0 unspecified atom stereocenters. The van der Waals surface area contributed by atoms with Crippen LogP contribution in [0.3, 0.4) is 0 Å². The van der Waals surface area contributed by atoms with Gasteiger partial charge in [0.2, 0.25) is 0 Å². The van der Waals surface area contributed by atoms with Gasteiger partial charge in [0.25, 0.3) is 0 Å². The van der Waals surface area contributed by atoms with Crippen molar-refractivity contribution in [3.05, 3.63) is 29.6 Å². The van der Waals surface area contributed by atoms with Crippen LogP contribution in [0, 0.1) is 5.82 Å². The van der Waals surface area contributed by atoms with Gasteiger partial charge in [-0.1, -0.05) is 0 Å². The highest BCUT2D eigenvalue weighted by Crippen LogP contribution is 2.21. The molecular weight excluding hydrogens is 191 g/mol. The van der Waals surface area contributed by atoms with Crippen LogP contribution in [0.15, 0.2) is 18.2 Å². The number of carboxylic acid groups (broad SMARTS) is 1. The quantitative estimate of drug-likeness (QED) is 0.762. The molecule has 0 amide bonds. The minimum Gasteiger partial charge on any atom is -0.497 e. The molecule has 5 heteroatoms. The summed E-state index contributed by atoms with van der Waals surface area (Å²) in [6.45, 7) is 0. The summed E-state index contributed by atoms with van der Waals surface area (Å²) in [4.78, 5) is 10.4. The maximum absolute atomic E-state index is 12.9. The van der Waals surface area contributed by atoms with Gasteiger partial charge in [-0.3, -0.25) is 0 Å². The first-order valence-electron chi connectivity index (χ1n) is 3.80. The monoisotopic (exact) mass is 200 g/mol. The Morgan fingerprint density at radius 3 is 2.64 bits per heavy atom. The molecule has 0 aliphatic carbocycles. The van der Waals surface area contributed by atoms with Crippen LogP contribution in [0.25, 0.3) is 0 Å². The van der Waals surface area contributed by atoms with Crippen LogP contribution in [-0.2, 0) is 4.79 Å². The smallest absolute Gasteiger partial charge is 0.337 e. The molecule has 14 heavy (non-hydrogen) atoms. The zero-order chi connectivity index (χ0) is 10.7. The molecule has 0 aliphatic heterocycles. The van der Waals surface area contributed by atoms with Crippen molar-refractivity contribution in [2.45, 2.75) is 6.10 Å². The predicted octanol–water partition coefficient (Wildman–Crippen LogP) is 0.952. The molecule has 0 bridgehead atoms. The summed E-state index contributed by atoms with van der Waals surface area (Å²) < 4.78 is 17.6. The van der Waals surface area contributed by atoms with Crippen LogP contribution in [0.4, 0.5) is 4.39 Å². The molecular formula is C9H9FO4. The Balaban J connectivity index is 3.08. The molecule has 0 radical (unpaired) electrons. The molecule has 0 aliphatic rings. The van der Waals surface area contributed by atoms with Gasteiger partial charge in [0.15, 0.2) is 6.10 Å². The van der Waals surface area contributed by atoms with Crippen LogP contribution in [0.5, 0.6) is 5.75 Å². The second-order valence-corrected chi connectivity index (χ2v) is 2.67. The second kappa shape index (κ2) is 4.06. The highest BCUT2D eigenvalue weighted by atomic mass is 19.1. The van der Waals surface area contributed by atoms with Crippen molar-refractivity contribution in [3.63, 3.8) is 0 Å². The zero-order valence-electron chi connectivity index (χ0n) is 7.40. The number of methoxy groups -OCH3 is 1. The number of ether oxygens (including phenoxy) is 1. The minimum atomic E-state index is -1.74. The van der Waals surface area contributed by atoms with E-state index in [1.807, 2.05) is 0 Å². The van der Waals surface area contributed by atoms with Crippen molar-refractivity contribution in [1.82, 2.24) is 0 Å². The molecule has 1 aromatic rings. The highest BCUT2D eigenvalue weighted by Gasteiger charge is 2.17. The van der Waals surface area contributed by atoms with E-state index in [0.29, 0.717) is 0 Å². The van der Waals surface area contributed by atoms with Crippen LogP contribution in [0.1, 0.15) is 11.7 Å². The standard InChI is InChI=1S/C9H9FO4/c1-14-7-3-5(2-6(10)4-7)8(11)9(12)13/h2-4,8,11H,1H3,(H,12,13)/t8-/m1/s1. The third-order valence-electron chi connectivity index (χ3n) is 1.68. The maximum Gasteiger partial charge on any atom is 0.337 e. The Morgan fingerprint density at radius 2 is 2.14 bits per heavy atom. The average Bonchev–Trinajstić information content (AvgIpc) is 2.15. The molecule has 1 atom stereocenters. The van der Waals surface area contributed by atoms with E-state index in [1.54, 1.807) is 0 Å². The van der Waals surface area contributed by atoms with Crippen molar-refractivity contribution in [2.75, 3.05) is 7.11 Å². The van der Waals surface area contributed by atoms with Gasteiger partial charge < -0.3 is 14.9 Å². The topological polar surface area (TPSA) is 66.8 Å². The molecule has 0 heterocycles. The van der Waals surface area contributed by atoms with E-state index in [4.69, 9.17) is 14.9 Å². The zero-order valence-corrected chi connectivity index (χ0v) is 7.40. The normalized spacial score (nSPS) is 12.2. The summed E-state index contributed by atoms with van der Waals surface area (Å²) in [5.74, 6) is -1.92. The Hall–Kier alpha value is -1.62. The Morgan fingerprint density at radius 1 is 1.50 bits per heavy atom. The molecule has 4 nitrogen and oxygen atoms in total. The first kappa shape index (κ1) is 10.5. The Bertz CT molecular complexity index is 351. The predicted molar refractivity (Wildman–Crippen MR) is 45.5 cm³/mol. The van der Waals surface area contributed by atoms with Crippen molar-refractivity contribution < 1.29 is 24.1 Å². The van der Waals surface area contributed by atoms with Crippen LogP contribution in [0.2, 0.25) is 0 Å². The first-order valence-corrected chi connectivity index (χ1v) is 3.80. The summed E-state index contributed by atoms with van der Waals surface area (Å²) in [5, 5.41) is 17.6. The molecule has 0 aromatic heterocycles. The fourth-order valence-corrected chi connectivity index (χ4v) is 1.00. The van der Waals surface area contributed by atoms with Crippen molar-refractivity contribution in [2.24, 2.45) is 0 Å². The molecule has 0 saturated heterocycles. The highest BCUT2D eigenvalue weighted by molar-refractivity contribution is 5.74. The number of hydrogen-bond acceptors (Lipinski definition) is 3. The SMILES string of the molecule is COc1cc(F)cc([C@@H](O)C(=O)O)c1. The first-order chi connectivity index (χ1) is 6.54. The van der Waals surface area contributed by atoms with Crippen LogP contribution in [-0.4, -0.2) is 23.3 Å². The number of aliphatic hydroxyl groups is 1. The van der Waals surface area contributed by atoms with Gasteiger partial charge in [-0.15, -0.1) is 0 Å². The summed E-state index contributed by atoms with van der Waals surface area (Å²) in [6.07, 6.45) is -1.74. The Kier molecular flexibility index (Phi) is 3.03. The number of rotatable bonds is 3. The number of aliphatic hydroxyl groups excluding tert-OH is 1. The van der Waals surface area contributed by atoms with E-state index in [9.17, 15) is 9.18 Å². The fraction of sp³-hybridized carbons (Fsp3) is 0.222. The number of aliphatic carboxylic acids is 1. The average molecular weight is 200 g/mol. The summed E-state index contributed by atoms with van der Waals surface area (Å²) in [7, 11) is 1.33. The van der Waals surface area contributed by atoms with E-state index in [-0.39, 0.29) is 11.3 Å². The van der Waals surface area contributed by atoms with E-state index in [0.717, 1.165) is 12.1 Å². The van der Waals surface area contributed by atoms with Crippen molar-refractivity contribution in [1.29, 1.82) is 0 Å². The van der Waals surface area contributed by atoms with Crippen LogP contribution >= 0.6 is 0 Å². The van der Waals surface area contributed by atoms with Gasteiger partial charge in [0.1, 0.15) is 11.6 Å². The van der Waals surface area contributed by atoms with E-state index < -0.39 is 17.9 Å². The lowest BCUT2D eigenvalue weighted by Crippen LogP contribution is -2.10. The molecule has 0 spiro atoms. The van der Waals surface area contributed by atoms with Gasteiger partial charge in [0.05, 0.1) is 7.11 Å². The Labute approximate surface area is 79.6 Å². The molecule has 1 rings (SSSR count). The lowest BCUT2D eigenvalue weighted by molar-refractivity contribution is -0.146. The van der Waals surface area contributed by atoms with Crippen molar-refractivity contribution in [3.8, 4) is 5.75 Å². The summed E-state index contributed by atoms with van der Waals surface area (Å²) >= 11 is 0. The number of carbonyl (C=O) groups is 1. The molecule has 1 aromatic carbocycles. The number of hydrogen-bond donors (Lipinski definition) is 2. The van der Waals surface area contributed by atoms with Gasteiger partial charge in [0, 0.05) is 6.07 Å². The van der Waals surface area contributed by atoms with E-state index in [1.165, 1.54) is 13.2 Å². The maximum atomic E-state index is 12.9. The van der Waals surface area contributed by atoms with E-state index >= 15 is 0 Å². The number of benzene rings is 1. The summed E-state index contributed by atoms with van der Waals surface area (Å²) in [5.41, 5.74) is -0.0469. The molecule has 76 valence electrons. The number of carboxylic acids is 1. The summed E-state index contributed by atoms with van der Waals surface area (Å²) in [6, 6.07) is 3.31. The van der Waals surface area contributed by atoms with Crippen molar-refractivity contribution >= 4 is 5.97 Å². The second-order valence-electron chi connectivity index (χ2n) is 2.67. The number of halogens is 1. The lowest BCUT2D eigenvalue weighted by atomic mass is 10.1. The lowest BCUT2D eigenvalue weighted by Gasteiger charge is -2.07. The van der Waals surface area contributed by atoms with Gasteiger partial charge in [-0.05, 0) is 17.7 Å². The van der Waals surface area contributed by atoms with Crippen LogP contribution < -0.4 is 4.74 Å². The molecule has 2 N–H and O–H groups in total. The van der Waals surface area contributed by atoms with Gasteiger partial charge in [-0.2, -0.15) is 0 Å². The fourth-order valence-electron chi connectivity index (χ4n) is 1.00. The van der Waals surface area contributed by atoms with Gasteiger partial charge in [-0.25, -0.2) is 9.18 Å². The molecule has 0 saturated carbocycles. The minimum absolute atomic E-state index is 0.0469. The largest absolute Gasteiger partial charge is 0.497 e. The van der Waals surface area contributed by atoms with Gasteiger partial charge >= 0.3 is 5.97 Å². The van der Waals surface area contributed by atoms with E-state index in [2.05, 4.69) is 0 Å². The third kappa shape index (κ3) is 2.20.